The summed E-state index contributed by atoms with van der Waals surface area (Å²) in [5.41, 5.74) is 0.449. The number of hydrogen-bond donors (Lipinski definition) is 2. The molecule has 1 aromatic heterocycles. The van der Waals surface area contributed by atoms with Crippen molar-refractivity contribution in [2.45, 2.75) is 39.5 Å². The average molecular weight is 429 g/mol. The third kappa shape index (κ3) is 7.20. The van der Waals surface area contributed by atoms with E-state index < -0.39 is 5.91 Å². The van der Waals surface area contributed by atoms with Gasteiger partial charge in [0.15, 0.2) is 11.5 Å². The van der Waals surface area contributed by atoms with Crippen molar-refractivity contribution >= 4 is 17.9 Å². The van der Waals surface area contributed by atoms with E-state index >= 15 is 0 Å². The Morgan fingerprint density at radius 2 is 1.90 bits per heavy atom. The van der Waals surface area contributed by atoms with Crippen LogP contribution in [0.3, 0.4) is 0 Å². The summed E-state index contributed by atoms with van der Waals surface area (Å²) in [5, 5.41) is 5.64. The number of hydrogen-bond acceptors (Lipinski definition) is 5. The van der Waals surface area contributed by atoms with E-state index in [-0.39, 0.29) is 11.6 Å². The van der Waals surface area contributed by atoms with E-state index in [4.69, 9.17) is 13.9 Å². The van der Waals surface area contributed by atoms with Gasteiger partial charge in [0, 0.05) is 18.2 Å². The first-order valence-corrected chi connectivity index (χ1v) is 10.6. The van der Waals surface area contributed by atoms with Gasteiger partial charge >= 0.3 is 0 Å². The minimum absolute atomic E-state index is 0.111. The highest BCUT2D eigenvalue weighted by molar-refractivity contribution is 6.05. The summed E-state index contributed by atoms with van der Waals surface area (Å²) in [6, 6.07) is 8.25. The molecule has 1 aromatic carbocycles. The Morgan fingerprint density at radius 3 is 2.52 bits per heavy atom. The smallest absolute Gasteiger partial charge is 0.267 e. The first kappa shape index (κ1) is 24.1. The van der Waals surface area contributed by atoms with Gasteiger partial charge in [-0.15, -0.1) is 0 Å². The monoisotopic (exact) mass is 428 g/mol. The molecule has 168 valence electrons. The summed E-state index contributed by atoms with van der Waals surface area (Å²) in [7, 11) is 3.02. The zero-order valence-electron chi connectivity index (χ0n) is 18.7. The summed E-state index contributed by atoms with van der Waals surface area (Å²) in [4.78, 5) is 25.7. The number of amides is 2. The minimum Gasteiger partial charge on any atom is -0.493 e. The number of ether oxygens (including phenoxy) is 2. The maximum absolute atomic E-state index is 12.9. The molecule has 0 bridgehead atoms. The number of benzene rings is 1. The molecule has 7 heteroatoms. The molecule has 31 heavy (non-hydrogen) atoms. The molecular weight excluding hydrogens is 396 g/mol. The third-order valence-electron chi connectivity index (χ3n) is 5.06. The summed E-state index contributed by atoms with van der Waals surface area (Å²) in [6.07, 6.45) is 7.31. The van der Waals surface area contributed by atoms with Gasteiger partial charge in [0.2, 0.25) is 0 Å². The molecule has 0 aliphatic rings. The van der Waals surface area contributed by atoms with E-state index in [1.54, 1.807) is 30.3 Å². The van der Waals surface area contributed by atoms with E-state index in [2.05, 4.69) is 24.5 Å². The SMILES string of the molecule is CCCC[C@@H](CC)CNC(=O)/C(=C/c1ccco1)NC(=O)c1ccc(OC)c(OC)c1. The summed E-state index contributed by atoms with van der Waals surface area (Å²) in [5.74, 6) is 1.01. The lowest BCUT2D eigenvalue weighted by molar-refractivity contribution is -0.117. The van der Waals surface area contributed by atoms with Crippen LogP contribution in [0.4, 0.5) is 0 Å². The van der Waals surface area contributed by atoms with Crippen LogP contribution in [0, 0.1) is 5.92 Å². The second kappa shape index (κ2) is 12.5. The van der Waals surface area contributed by atoms with Crippen LogP contribution in [-0.2, 0) is 4.79 Å². The van der Waals surface area contributed by atoms with Gasteiger partial charge < -0.3 is 24.5 Å². The molecule has 0 aliphatic carbocycles. The Labute approximate surface area is 183 Å². The maximum Gasteiger partial charge on any atom is 0.267 e. The molecule has 1 heterocycles. The van der Waals surface area contributed by atoms with Gasteiger partial charge in [-0.25, -0.2) is 0 Å². The molecule has 2 rings (SSSR count). The number of unbranched alkanes of at least 4 members (excludes halogenated alkanes) is 1. The van der Waals surface area contributed by atoms with Gasteiger partial charge in [0.05, 0.1) is 20.5 Å². The largest absolute Gasteiger partial charge is 0.493 e. The number of carbonyl (C=O) groups is 2. The highest BCUT2D eigenvalue weighted by atomic mass is 16.5. The molecule has 7 nitrogen and oxygen atoms in total. The number of rotatable bonds is 12. The molecule has 2 aromatic rings. The zero-order chi connectivity index (χ0) is 22.6. The first-order valence-electron chi connectivity index (χ1n) is 10.6. The van der Waals surface area contributed by atoms with E-state index in [0.717, 1.165) is 25.7 Å². The Hall–Kier alpha value is -3.22. The quantitative estimate of drug-likeness (QED) is 0.489. The van der Waals surface area contributed by atoms with Gasteiger partial charge in [0.25, 0.3) is 11.8 Å². The molecule has 0 saturated carbocycles. The van der Waals surface area contributed by atoms with E-state index in [1.165, 1.54) is 26.6 Å². The van der Waals surface area contributed by atoms with Crippen molar-refractivity contribution in [1.29, 1.82) is 0 Å². The number of methoxy groups -OCH3 is 2. The molecule has 0 radical (unpaired) electrons. The average Bonchev–Trinajstić information content (AvgIpc) is 3.31. The highest BCUT2D eigenvalue weighted by Crippen LogP contribution is 2.27. The fraction of sp³-hybridized carbons (Fsp3) is 0.417. The van der Waals surface area contributed by atoms with Crippen molar-refractivity contribution in [1.82, 2.24) is 10.6 Å². The first-order chi connectivity index (χ1) is 15.0. The van der Waals surface area contributed by atoms with Gasteiger partial charge in [0.1, 0.15) is 11.5 Å². The van der Waals surface area contributed by atoms with Crippen LogP contribution < -0.4 is 20.1 Å². The molecule has 2 N–H and O–H groups in total. The molecule has 0 spiro atoms. The van der Waals surface area contributed by atoms with Crippen molar-refractivity contribution in [3.8, 4) is 11.5 Å². The van der Waals surface area contributed by atoms with Gasteiger partial charge in [-0.05, 0) is 42.7 Å². The van der Waals surface area contributed by atoms with Gasteiger partial charge in [-0.3, -0.25) is 9.59 Å². The van der Waals surface area contributed by atoms with E-state index in [9.17, 15) is 9.59 Å². The second-order valence-corrected chi connectivity index (χ2v) is 7.22. The fourth-order valence-corrected chi connectivity index (χ4v) is 3.12. The lowest BCUT2D eigenvalue weighted by Crippen LogP contribution is -2.37. The molecule has 0 fully saturated rings. The lowest BCUT2D eigenvalue weighted by Gasteiger charge is -2.17. The molecule has 0 saturated heterocycles. The summed E-state index contributed by atoms with van der Waals surface area (Å²) < 4.78 is 15.8. The van der Waals surface area contributed by atoms with Gasteiger partial charge in [-0.2, -0.15) is 0 Å². The van der Waals surface area contributed by atoms with Crippen LogP contribution in [0.1, 0.15) is 55.6 Å². The molecule has 0 unspecified atom stereocenters. The number of nitrogens with one attached hydrogen (secondary N) is 2. The second-order valence-electron chi connectivity index (χ2n) is 7.22. The Balaban J connectivity index is 2.17. The Kier molecular flexibility index (Phi) is 9.68. The van der Waals surface area contributed by atoms with Crippen LogP contribution in [0.5, 0.6) is 11.5 Å². The van der Waals surface area contributed by atoms with Crippen molar-refractivity contribution in [3.63, 3.8) is 0 Å². The Morgan fingerprint density at radius 1 is 1.13 bits per heavy atom. The normalized spacial score (nSPS) is 12.2. The standard InChI is InChI=1S/C24H32N2O5/c1-5-7-9-17(6-2)16-25-24(28)20(15-19-10-8-13-31-19)26-23(27)18-11-12-21(29-3)22(14-18)30-4/h8,10-15,17H,5-7,9,16H2,1-4H3,(H,25,28)(H,26,27)/b20-15-/t17-/m1/s1. The zero-order valence-corrected chi connectivity index (χ0v) is 18.7. The van der Waals surface area contributed by atoms with Crippen molar-refractivity contribution in [2.24, 2.45) is 5.92 Å². The van der Waals surface area contributed by atoms with E-state index in [1.807, 2.05) is 0 Å². The molecule has 2 amide bonds. The minimum atomic E-state index is -0.438. The third-order valence-corrected chi connectivity index (χ3v) is 5.06. The lowest BCUT2D eigenvalue weighted by atomic mass is 9.99. The topological polar surface area (TPSA) is 89.8 Å². The van der Waals surface area contributed by atoms with Gasteiger partial charge in [-0.1, -0.05) is 33.1 Å². The number of furan rings is 1. The van der Waals surface area contributed by atoms with Crippen LogP contribution >= 0.6 is 0 Å². The maximum atomic E-state index is 12.9. The molecule has 1 atom stereocenters. The predicted octanol–water partition coefficient (Wildman–Crippen LogP) is 4.40. The fourth-order valence-electron chi connectivity index (χ4n) is 3.12. The van der Waals surface area contributed by atoms with E-state index in [0.29, 0.717) is 35.3 Å². The van der Waals surface area contributed by atoms with Crippen LogP contribution in [0.2, 0.25) is 0 Å². The number of carbonyl (C=O) groups excluding carboxylic acids is 2. The molecule has 0 aliphatic heterocycles. The summed E-state index contributed by atoms with van der Waals surface area (Å²) >= 11 is 0. The molecular formula is C24H32N2O5. The van der Waals surface area contributed by atoms with Crippen LogP contribution in [0.25, 0.3) is 6.08 Å². The van der Waals surface area contributed by atoms with Crippen LogP contribution in [-0.4, -0.2) is 32.6 Å². The summed E-state index contributed by atoms with van der Waals surface area (Å²) in [6.45, 7) is 4.82. The van der Waals surface area contributed by atoms with Crippen molar-refractivity contribution in [3.05, 3.63) is 53.6 Å². The Bertz CT molecular complexity index is 874. The highest BCUT2D eigenvalue weighted by Gasteiger charge is 2.18. The predicted molar refractivity (Wildman–Crippen MR) is 120 cm³/mol. The van der Waals surface area contributed by atoms with Crippen molar-refractivity contribution in [2.75, 3.05) is 20.8 Å². The van der Waals surface area contributed by atoms with Crippen LogP contribution in [0.15, 0.2) is 46.7 Å². The van der Waals surface area contributed by atoms with Crippen molar-refractivity contribution < 1.29 is 23.5 Å².